The Labute approximate surface area is 997 Å². The molecule has 14 aliphatic carbocycles. The van der Waals surface area contributed by atoms with Crippen molar-refractivity contribution in [1.29, 1.82) is 0 Å². The summed E-state index contributed by atoms with van der Waals surface area (Å²) in [6.07, 6.45) is 68.2. The van der Waals surface area contributed by atoms with Crippen molar-refractivity contribution in [1.82, 2.24) is 0 Å². The zero-order valence-corrected chi connectivity index (χ0v) is 127. The Hall–Kier alpha value is 3.40. The van der Waals surface area contributed by atoms with Crippen LogP contribution in [-0.2, 0) is 114 Å². The Kier molecular flexibility index (Phi) is 65.4. The molecule has 21 atom stereocenters. The van der Waals surface area contributed by atoms with Crippen LogP contribution in [-0.4, -0.2) is 86.2 Å². The first-order valence-electron chi connectivity index (χ1n) is 53.8. The van der Waals surface area contributed by atoms with Crippen LogP contribution < -0.4 is 0 Å². The van der Waals surface area contributed by atoms with Gasteiger partial charge >= 0.3 is 151 Å². The van der Waals surface area contributed by atoms with Crippen molar-refractivity contribution in [2.45, 2.75) is 457 Å². The molecule has 0 aromatic carbocycles. The average Bonchev–Trinajstić information content (AvgIpc) is 1.57. The molecule has 21 unspecified atom stereocenters. The van der Waals surface area contributed by atoms with Crippen LogP contribution in [0.4, 0.5) is 0 Å². The number of hydrogen-bond acceptors (Lipinski definition) is 7. The van der Waals surface area contributed by atoms with Crippen molar-refractivity contribution >= 4 is 143 Å². The first-order valence-corrected chi connectivity index (χ1v) is 106. The molecule has 14 rings (SSSR count). The van der Waals surface area contributed by atoms with Crippen molar-refractivity contribution in [2.24, 2.45) is 94.7 Å². The third kappa shape index (κ3) is 42.5. The summed E-state index contributed by atoms with van der Waals surface area (Å²) in [5.74, 6) is 18.8. The molecule has 0 bridgehead atoms. The van der Waals surface area contributed by atoms with Gasteiger partial charge in [-0.2, -0.15) is 0 Å². The Morgan fingerprint density at radius 2 is 0.605 bits per heavy atom. The number of rotatable bonds is 19. The second kappa shape index (κ2) is 63.1. The molecule has 0 aromatic rings. The fourth-order valence-corrected chi connectivity index (χ4v) is 45.0. The SMILES string of the molecule is CC(C)(C)[N-][Si](C)(C)OC1=CC=CC2CCCC12.CC(C)(C)[Si](C)(C)OC1=CC2CCC([Si](C)(C)C3CCC4C=C(O[Si](C)(C)C(C)(C)C)C=CC43)C2C=C1.CC(C)(C)[Si](C)(C)OC1=CC2CCCC2C=C1.CC(C)(C)[Si](C)(C)OC1CCC2CCCC2C1.CC1CC2C(O[Si](C)(C)C(C)(C)C)=CC=CC2C1[Si](C)(C)C1C(C)CC2C(O[Si](C)(C)C(C)(C)C)=CC=CC21.[CH3-].[CH3-].[CH3-].[CH3-].[CH3-].[CH3-].[CH3-].[Cl][Zr+2][Cl].[Cl][Zr+2][Cl].[Cl][Zr+2][Cl].[Cl][Zr+2][Cl]. The van der Waals surface area contributed by atoms with E-state index in [9.17, 15) is 0 Å². The summed E-state index contributed by atoms with van der Waals surface area (Å²) in [6, 6.07) is 0. The molecule has 0 aliphatic heterocycles. The van der Waals surface area contributed by atoms with E-state index in [0.717, 1.165) is 74.9 Å². The number of fused-ring (bicyclic) bond motifs is 7. The van der Waals surface area contributed by atoms with Gasteiger partial charge in [0, 0.05) is 23.9 Å². The van der Waals surface area contributed by atoms with Crippen molar-refractivity contribution in [2.75, 3.05) is 0 Å². The minimum absolute atomic E-state index is 0. The third-order valence-corrected chi connectivity index (χ3v) is 76.3. The maximum atomic E-state index is 7.02. The topological polar surface area (TPSA) is 78.7 Å². The van der Waals surface area contributed by atoms with Crippen molar-refractivity contribution < 1.29 is 114 Å². The molecule has 846 valence electrons. The van der Waals surface area contributed by atoms with E-state index in [2.05, 4.69) is 386 Å². The molecule has 14 aliphatic rings. The standard InChI is InChI=1S/C34H60O2Si3.C32H56O2Si3.C15H26NOSi.C15H30OSi.C15H26OSi.7CH3.8ClH.4Zr/c1-23-21-27-25(17-15-19-29(27)35-38(11,12)33(3,4)5)31(23)37(9,10)32-24(2)22-28-26(32)18-16-20-30(28)36-39(13,14)34(6,7)8;1-31(2,3)36(9,10)33-25-15-17-27-23(21-25)13-19-29(27)35(7,8)30-20-14-24-22-26(16-18-28(24)30)34-37(11,12)32(4,5)6;1-15(2,3)16-18(4,5)17-14-11-7-9-12-8-6-10-13(12)14;2*1-15(2,3)17(4,5)16-14-10-9-12-7-6-8-13(12)11-14;;;;;;;;;;;;;;;;;;;/h15-20,23-28,31-32H,21-22H2,1-14H3;15-18,21-24,27-30H,13-14,19-20H2,1-12H3;7,9,11-13H,6,8,10H2,1-5H3;12-14H,6-11H2,1-5H3;9-13H,6-8H2,1-5H3;7*1H3;8*1H;;;;/q;;-1;;;7*-1;;;;;;;;;4*+4/p-8. The van der Waals surface area contributed by atoms with E-state index >= 15 is 0 Å². The van der Waals surface area contributed by atoms with Gasteiger partial charge in [-0.1, -0.05) is 298 Å². The molecule has 147 heavy (non-hydrogen) atoms. The van der Waals surface area contributed by atoms with E-state index in [1.807, 2.05) is 0 Å². The molecule has 8 saturated carbocycles. The van der Waals surface area contributed by atoms with Gasteiger partial charge in [-0.15, -0.1) is 5.54 Å². The van der Waals surface area contributed by atoms with Crippen LogP contribution in [0.5, 0.6) is 0 Å². The predicted octanol–water partition coefficient (Wildman–Crippen LogP) is 44.6. The van der Waals surface area contributed by atoms with Gasteiger partial charge in [-0.05, 0) is 333 Å². The molecule has 0 radical (unpaired) electrons. The predicted molar refractivity (Wildman–Crippen MR) is 670 cm³/mol. The summed E-state index contributed by atoms with van der Waals surface area (Å²) >= 11 is -3.30. The van der Waals surface area contributed by atoms with Crippen LogP contribution in [0.1, 0.15) is 275 Å². The van der Waals surface area contributed by atoms with E-state index in [4.69, 9.17) is 104 Å². The summed E-state index contributed by atoms with van der Waals surface area (Å²) in [5, 5.41) is 1.57. The minimum atomic E-state index is -1.96. The molecule has 29 heteroatoms. The third-order valence-electron chi connectivity index (χ3n) is 37.5. The zero-order chi connectivity index (χ0) is 107. The summed E-state index contributed by atoms with van der Waals surface area (Å²) in [4.78, 5) is 4.90. The Morgan fingerprint density at radius 1 is 0.293 bits per heavy atom. The first-order chi connectivity index (χ1) is 64.0. The second-order valence-corrected chi connectivity index (χ2v) is 112. The quantitative estimate of drug-likeness (QED) is 0.0942. The zero-order valence-electron chi connectivity index (χ0n) is 103. The normalized spacial score (nSPS) is 28.6. The van der Waals surface area contributed by atoms with Gasteiger partial charge in [0.25, 0.3) is 0 Å². The van der Waals surface area contributed by atoms with E-state index in [1.54, 1.807) is 0 Å². The van der Waals surface area contributed by atoms with Crippen molar-refractivity contribution in [3.8, 4) is 0 Å². The van der Waals surface area contributed by atoms with Crippen molar-refractivity contribution in [3.05, 3.63) is 201 Å². The summed E-state index contributed by atoms with van der Waals surface area (Å²) in [7, 11) is 23.9. The molecular formula is C118H219Cl8NO7Si9Zr4. The van der Waals surface area contributed by atoms with Crippen LogP contribution in [0, 0.1) is 147 Å². The van der Waals surface area contributed by atoms with E-state index in [1.165, 1.54) is 133 Å². The summed E-state index contributed by atoms with van der Waals surface area (Å²) < 4.78 is 46.8. The summed E-state index contributed by atoms with van der Waals surface area (Å²) in [5.41, 5.74) is 3.34. The molecule has 0 aromatic heterocycles. The first kappa shape index (κ1) is 152. The van der Waals surface area contributed by atoms with Crippen LogP contribution in [0.2, 0.25) is 170 Å². The second-order valence-electron chi connectivity index (χ2n) is 55.6. The number of allylic oxidation sites excluding steroid dienone is 21. The maximum absolute atomic E-state index is 7.02. The molecule has 0 N–H and O–H groups in total. The van der Waals surface area contributed by atoms with Crippen LogP contribution in [0.15, 0.2) is 144 Å². The van der Waals surface area contributed by atoms with Crippen molar-refractivity contribution in [3.63, 3.8) is 0 Å². The van der Waals surface area contributed by atoms with E-state index in [0.29, 0.717) is 70.3 Å². The Bertz CT molecular complexity index is 4140. The number of halogens is 8. The number of hydrogen-bond donors (Lipinski definition) is 0. The molecule has 8 nitrogen and oxygen atoms in total. The van der Waals surface area contributed by atoms with E-state index < -0.39 is 158 Å². The number of nitrogens with zero attached hydrogens (tertiary/aromatic N) is 1. The van der Waals surface area contributed by atoms with Gasteiger partial charge < -0.3 is 88.0 Å². The molecule has 0 saturated heterocycles. The molecular weight excluding hydrogens is 2440 g/mol. The summed E-state index contributed by atoms with van der Waals surface area (Å²) in [6.45, 7) is 97.6. The molecule has 0 amide bonds. The van der Waals surface area contributed by atoms with Crippen LogP contribution >= 0.6 is 68.1 Å². The van der Waals surface area contributed by atoms with Gasteiger partial charge in [0.15, 0.2) is 8.32 Å². The van der Waals surface area contributed by atoms with Gasteiger partial charge in [0.2, 0.25) is 41.6 Å². The van der Waals surface area contributed by atoms with Gasteiger partial charge in [0.1, 0.15) is 8.48 Å². The molecule has 0 heterocycles. The Morgan fingerprint density at radius 3 is 0.973 bits per heavy atom. The fraction of sp³-hybridized carbons (Fsp3) is 0.737. The Balaban J connectivity index is 0. The van der Waals surface area contributed by atoms with Crippen LogP contribution in [0.3, 0.4) is 0 Å². The molecule has 8 fully saturated rings. The van der Waals surface area contributed by atoms with Gasteiger partial charge in [-0.25, -0.2) is 0 Å². The average molecular weight is 2670 g/mol. The van der Waals surface area contributed by atoms with E-state index in [-0.39, 0.29) is 82.7 Å². The van der Waals surface area contributed by atoms with Gasteiger partial charge in [0.05, 0.1) is 50.7 Å². The fourth-order valence-electron chi connectivity index (χ4n) is 24.5. The van der Waals surface area contributed by atoms with Crippen LogP contribution in [0.25, 0.3) is 4.98 Å². The van der Waals surface area contributed by atoms with Gasteiger partial charge in [-0.3, -0.25) is 0 Å². The monoisotopic (exact) mass is 2650 g/mol. The molecule has 0 spiro atoms.